The van der Waals surface area contributed by atoms with E-state index in [-0.39, 0.29) is 12.6 Å². The van der Waals surface area contributed by atoms with Gasteiger partial charge in [0.05, 0.1) is 6.61 Å². The zero-order valence-corrected chi connectivity index (χ0v) is 13.1. The molecule has 2 rings (SSSR count). The summed E-state index contributed by atoms with van der Waals surface area (Å²) in [5.41, 5.74) is 0.934. The van der Waals surface area contributed by atoms with Crippen molar-refractivity contribution >= 4 is 21.9 Å². The smallest absolute Gasteiger partial charge is 0.306 e. The molecule has 0 radical (unpaired) electrons. The summed E-state index contributed by atoms with van der Waals surface area (Å²) in [7, 11) is 0. The van der Waals surface area contributed by atoms with Gasteiger partial charge in [0.1, 0.15) is 12.4 Å². The minimum absolute atomic E-state index is 0.218. The molecule has 1 aromatic heterocycles. The van der Waals surface area contributed by atoms with E-state index in [2.05, 4.69) is 20.9 Å². The summed E-state index contributed by atoms with van der Waals surface area (Å²) in [4.78, 5) is 15.5. The predicted molar refractivity (Wildman–Crippen MR) is 82.9 cm³/mol. The van der Waals surface area contributed by atoms with Gasteiger partial charge in [0.25, 0.3) is 0 Å². The van der Waals surface area contributed by atoms with Gasteiger partial charge in [-0.1, -0.05) is 22.0 Å². The van der Waals surface area contributed by atoms with Crippen LogP contribution in [0.2, 0.25) is 0 Å². The van der Waals surface area contributed by atoms with Crippen LogP contribution in [-0.2, 0) is 16.1 Å². The Morgan fingerprint density at radius 1 is 1.19 bits per heavy atom. The molecule has 4 nitrogen and oxygen atoms in total. The van der Waals surface area contributed by atoms with Gasteiger partial charge in [-0.2, -0.15) is 0 Å². The van der Waals surface area contributed by atoms with E-state index in [0.717, 1.165) is 15.8 Å². The third kappa shape index (κ3) is 5.95. The molecule has 0 N–H and O–H groups in total. The average Bonchev–Trinajstić information content (AvgIpc) is 2.51. The number of esters is 1. The molecule has 21 heavy (non-hydrogen) atoms. The number of carbonyl (C=O) groups excluding carboxylic acids is 1. The van der Waals surface area contributed by atoms with E-state index in [1.807, 2.05) is 36.4 Å². The van der Waals surface area contributed by atoms with Gasteiger partial charge in [-0.3, -0.25) is 9.78 Å². The fourth-order valence-electron chi connectivity index (χ4n) is 1.68. The van der Waals surface area contributed by atoms with Crippen LogP contribution >= 0.6 is 15.9 Å². The Hall–Kier alpha value is -1.88. The van der Waals surface area contributed by atoms with Gasteiger partial charge >= 0.3 is 5.97 Å². The number of ether oxygens (including phenoxy) is 2. The van der Waals surface area contributed by atoms with Crippen LogP contribution in [0.25, 0.3) is 0 Å². The molecule has 0 unspecified atom stereocenters. The van der Waals surface area contributed by atoms with Crippen LogP contribution in [0.15, 0.2) is 53.3 Å². The summed E-state index contributed by atoms with van der Waals surface area (Å²) in [5.74, 6) is 0.569. The summed E-state index contributed by atoms with van der Waals surface area (Å²) in [6.45, 7) is 0.772. The molecule has 110 valence electrons. The highest BCUT2D eigenvalue weighted by molar-refractivity contribution is 9.10. The Morgan fingerprint density at radius 3 is 2.76 bits per heavy atom. The summed E-state index contributed by atoms with van der Waals surface area (Å²) >= 11 is 3.38. The van der Waals surface area contributed by atoms with Crippen LogP contribution in [0, 0.1) is 0 Å². The van der Waals surface area contributed by atoms with Crippen LogP contribution in [0.4, 0.5) is 0 Å². The monoisotopic (exact) mass is 349 g/mol. The number of nitrogens with zero attached hydrogens (tertiary/aromatic N) is 1. The second-order valence-corrected chi connectivity index (χ2v) is 5.34. The van der Waals surface area contributed by atoms with E-state index in [4.69, 9.17) is 9.47 Å². The summed E-state index contributed by atoms with van der Waals surface area (Å²) in [6, 6.07) is 11.3. The van der Waals surface area contributed by atoms with Crippen molar-refractivity contribution in [3.8, 4) is 5.75 Å². The van der Waals surface area contributed by atoms with E-state index >= 15 is 0 Å². The van der Waals surface area contributed by atoms with E-state index < -0.39 is 0 Å². The number of rotatable bonds is 7. The standard InChI is InChI=1S/C16H16BrNO3/c17-14-3-1-4-15(11-14)20-10-2-5-16(19)21-12-13-6-8-18-9-7-13/h1,3-4,6-9,11H,2,5,10,12H2. The van der Waals surface area contributed by atoms with Gasteiger partial charge in [-0.25, -0.2) is 0 Å². The third-order valence-electron chi connectivity index (χ3n) is 2.74. The van der Waals surface area contributed by atoms with Crippen molar-refractivity contribution in [1.82, 2.24) is 4.98 Å². The van der Waals surface area contributed by atoms with Crippen LogP contribution < -0.4 is 4.74 Å². The molecule has 5 heteroatoms. The Kier molecular flexibility index (Phi) is 6.22. The highest BCUT2D eigenvalue weighted by Gasteiger charge is 2.04. The van der Waals surface area contributed by atoms with Crippen LogP contribution in [-0.4, -0.2) is 17.6 Å². The minimum atomic E-state index is -0.218. The van der Waals surface area contributed by atoms with Crippen LogP contribution in [0.1, 0.15) is 18.4 Å². The van der Waals surface area contributed by atoms with Gasteiger partial charge in [-0.15, -0.1) is 0 Å². The maximum absolute atomic E-state index is 11.6. The fourth-order valence-corrected chi connectivity index (χ4v) is 2.06. The molecule has 2 aromatic rings. The number of carbonyl (C=O) groups is 1. The topological polar surface area (TPSA) is 48.4 Å². The summed E-state index contributed by atoms with van der Waals surface area (Å²) in [6.07, 6.45) is 4.32. The molecule has 0 amide bonds. The fraction of sp³-hybridized carbons (Fsp3) is 0.250. The second-order valence-electron chi connectivity index (χ2n) is 4.43. The number of pyridine rings is 1. The van der Waals surface area contributed by atoms with Gasteiger partial charge in [0.15, 0.2) is 0 Å². The van der Waals surface area contributed by atoms with Crippen molar-refractivity contribution < 1.29 is 14.3 Å². The van der Waals surface area contributed by atoms with E-state index in [0.29, 0.717) is 19.4 Å². The molecule has 0 saturated carbocycles. The van der Waals surface area contributed by atoms with Gasteiger partial charge in [0, 0.05) is 23.3 Å². The van der Waals surface area contributed by atoms with Gasteiger partial charge < -0.3 is 9.47 Å². The quantitative estimate of drug-likeness (QED) is 0.564. The SMILES string of the molecule is O=C(CCCOc1cccc(Br)c1)OCc1ccncc1. The third-order valence-corrected chi connectivity index (χ3v) is 3.23. The lowest BCUT2D eigenvalue weighted by Crippen LogP contribution is -2.07. The average molecular weight is 350 g/mol. The van der Waals surface area contributed by atoms with Crippen molar-refractivity contribution in [3.63, 3.8) is 0 Å². The number of benzene rings is 1. The van der Waals surface area contributed by atoms with E-state index in [1.54, 1.807) is 12.4 Å². The molecule has 0 aliphatic heterocycles. The molecule has 0 aliphatic carbocycles. The predicted octanol–water partition coefficient (Wildman–Crippen LogP) is 3.75. The molecule has 0 atom stereocenters. The number of hydrogen-bond acceptors (Lipinski definition) is 4. The van der Waals surface area contributed by atoms with E-state index in [1.165, 1.54) is 0 Å². The molecule has 0 fully saturated rings. The minimum Gasteiger partial charge on any atom is -0.494 e. The number of aromatic nitrogens is 1. The first-order valence-electron chi connectivity index (χ1n) is 6.67. The van der Waals surface area contributed by atoms with Crippen LogP contribution in [0.5, 0.6) is 5.75 Å². The van der Waals surface area contributed by atoms with E-state index in [9.17, 15) is 4.79 Å². The summed E-state index contributed by atoms with van der Waals surface area (Å²) in [5, 5.41) is 0. The first-order chi connectivity index (χ1) is 10.2. The zero-order chi connectivity index (χ0) is 14.9. The molecular weight excluding hydrogens is 334 g/mol. The normalized spacial score (nSPS) is 10.1. The molecule has 0 bridgehead atoms. The summed E-state index contributed by atoms with van der Waals surface area (Å²) < 4.78 is 11.7. The van der Waals surface area contributed by atoms with Crippen molar-refractivity contribution in [2.24, 2.45) is 0 Å². The zero-order valence-electron chi connectivity index (χ0n) is 11.5. The Bertz CT molecular complexity index is 575. The highest BCUT2D eigenvalue weighted by Crippen LogP contribution is 2.17. The molecule has 0 aliphatic rings. The van der Waals surface area contributed by atoms with Crippen molar-refractivity contribution in [1.29, 1.82) is 0 Å². The number of hydrogen-bond donors (Lipinski definition) is 0. The largest absolute Gasteiger partial charge is 0.494 e. The number of halogens is 1. The molecule has 0 saturated heterocycles. The first-order valence-corrected chi connectivity index (χ1v) is 7.46. The lowest BCUT2D eigenvalue weighted by atomic mass is 10.3. The Balaban J connectivity index is 1.61. The maximum Gasteiger partial charge on any atom is 0.306 e. The maximum atomic E-state index is 11.6. The lowest BCUT2D eigenvalue weighted by molar-refractivity contribution is -0.145. The second kappa shape index (κ2) is 8.42. The Morgan fingerprint density at radius 2 is 2.00 bits per heavy atom. The first kappa shape index (κ1) is 15.5. The Labute approximate surface area is 132 Å². The molecule has 1 aromatic carbocycles. The van der Waals surface area contributed by atoms with Gasteiger partial charge in [-0.05, 0) is 42.3 Å². The molecule has 0 spiro atoms. The lowest BCUT2D eigenvalue weighted by Gasteiger charge is -2.07. The van der Waals surface area contributed by atoms with Crippen molar-refractivity contribution in [3.05, 3.63) is 58.8 Å². The highest BCUT2D eigenvalue weighted by atomic mass is 79.9. The van der Waals surface area contributed by atoms with Crippen LogP contribution in [0.3, 0.4) is 0 Å². The van der Waals surface area contributed by atoms with Gasteiger partial charge in [0.2, 0.25) is 0 Å². The van der Waals surface area contributed by atoms with Crippen molar-refractivity contribution in [2.75, 3.05) is 6.61 Å². The van der Waals surface area contributed by atoms with Crippen molar-refractivity contribution in [2.45, 2.75) is 19.4 Å². The molecule has 1 heterocycles. The molecular formula is C16H16BrNO3.